The van der Waals surface area contributed by atoms with Gasteiger partial charge in [-0.1, -0.05) is 17.7 Å². The first-order valence-electron chi connectivity index (χ1n) is 7.84. The smallest absolute Gasteiger partial charge is 0.0809 e. The number of allylic oxidation sites excluding steroid dienone is 4. The summed E-state index contributed by atoms with van der Waals surface area (Å²) in [6, 6.07) is 2.13. The highest BCUT2D eigenvalue weighted by molar-refractivity contribution is 5.77. The second-order valence-corrected chi connectivity index (χ2v) is 5.91. The van der Waals surface area contributed by atoms with Crippen molar-refractivity contribution in [2.24, 2.45) is 0 Å². The fourth-order valence-electron chi connectivity index (χ4n) is 2.62. The molecule has 1 aliphatic rings. The zero-order valence-electron chi connectivity index (χ0n) is 14.0. The van der Waals surface area contributed by atoms with Crippen molar-refractivity contribution in [2.45, 2.75) is 41.0 Å². The van der Waals surface area contributed by atoms with Crippen LogP contribution in [0.1, 0.15) is 45.4 Å². The summed E-state index contributed by atoms with van der Waals surface area (Å²) in [6.45, 7) is 14.0. The summed E-state index contributed by atoms with van der Waals surface area (Å²) < 4.78 is 0. The number of pyridine rings is 1. The third kappa shape index (κ3) is 3.53. The molecular formula is C18H27N3. The van der Waals surface area contributed by atoms with E-state index in [9.17, 15) is 0 Å². The Morgan fingerprint density at radius 1 is 1.29 bits per heavy atom. The highest BCUT2D eigenvalue weighted by Gasteiger charge is 2.24. The molecular weight excluding hydrogens is 258 g/mol. The van der Waals surface area contributed by atoms with Crippen molar-refractivity contribution in [1.29, 1.82) is 0 Å². The molecule has 0 radical (unpaired) electrons. The molecule has 0 atom stereocenters. The Balaban J connectivity index is 2.44. The Labute approximate surface area is 129 Å². The molecule has 0 aliphatic carbocycles. The van der Waals surface area contributed by atoms with Gasteiger partial charge >= 0.3 is 0 Å². The average Bonchev–Trinajstić information content (AvgIpc) is 2.40. The molecule has 1 saturated heterocycles. The van der Waals surface area contributed by atoms with Crippen LogP contribution in [0, 0.1) is 6.92 Å². The van der Waals surface area contributed by atoms with Gasteiger partial charge in [-0.15, -0.1) is 0 Å². The summed E-state index contributed by atoms with van der Waals surface area (Å²) in [7, 11) is 0. The van der Waals surface area contributed by atoms with Crippen LogP contribution in [0.4, 0.5) is 5.69 Å². The molecule has 3 heteroatoms. The van der Waals surface area contributed by atoms with Crippen molar-refractivity contribution >= 4 is 11.3 Å². The van der Waals surface area contributed by atoms with Crippen molar-refractivity contribution in [3.63, 3.8) is 0 Å². The molecule has 21 heavy (non-hydrogen) atoms. The molecule has 2 heterocycles. The molecule has 0 unspecified atom stereocenters. The van der Waals surface area contributed by atoms with Crippen LogP contribution < -0.4 is 5.01 Å². The Kier molecular flexibility index (Phi) is 5.18. The molecule has 0 spiro atoms. The van der Waals surface area contributed by atoms with E-state index in [1.54, 1.807) is 0 Å². The third-order valence-corrected chi connectivity index (χ3v) is 3.93. The van der Waals surface area contributed by atoms with Crippen molar-refractivity contribution < 1.29 is 0 Å². The van der Waals surface area contributed by atoms with Crippen LogP contribution in [0.5, 0.6) is 0 Å². The van der Waals surface area contributed by atoms with E-state index >= 15 is 0 Å². The normalized spacial score (nSPS) is 15.6. The molecule has 1 aliphatic heterocycles. The fraction of sp³-hybridized carbons (Fsp3) is 0.500. The van der Waals surface area contributed by atoms with E-state index in [-0.39, 0.29) is 0 Å². The third-order valence-electron chi connectivity index (χ3n) is 3.93. The van der Waals surface area contributed by atoms with Crippen molar-refractivity contribution in [2.75, 3.05) is 24.6 Å². The zero-order valence-corrected chi connectivity index (χ0v) is 14.0. The first kappa shape index (κ1) is 15.8. The van der Waals surface area contributed by atoms with Crippen molar-refractivity contribution in [3.05, 3.63) is 41.2 Å². The zero-order chi connectivity index (χ0) is 15.4. The second kappa shape index (κ2) is 6.90. The number of anilines is 1. The predicted octanol–water partition coefficient (Wildman–Crippen LogP) is 4.21. The molecule has 1 aromatic rings. The standard InChI is InChI=1S/C18H27N3/c1-6-21(20-12-7-13-20)18-16(5)19-11-10-17(18)15(4)9-8-14(2)3/h8-11H,6-7,12-13H2,1-5H3/b15-9+. The van der Waals surface area contributed by atoms with Gasteiger partial charge in [-0.05, 0) is 52.7 Å². The summed E-state index contributed by atoms with van der Waals surface area (Å²) in [4.78, 5) is 4.52. The molecule has 0 amide bonds. The quantitative estimate of drug-likeness (QED) is 0.756. The average molecular weight is 285 g/mol. The Hall–Kier alpha value is -1.61. The minimum Gasteiger partial charge on any atom is -0.304 e. The topological polar surface area (TPSA) is 19.4 Å². The highest BCUT2D eigenvalue weighted by Crippen LogP contribution is 2.31. The van der Waals surface area contributed by atoms with Crippen molar-refractivity contribution in [3.8, 4) is 0 Å². The maximum Gasteiger partial charge on any atom is 0.0809 e. The molecule has 0 saturated carbocycles. The molecule has 0 N–H and O–H groups in total. The predicted molar refractivity (Wildman–Crippen MR) is 91.3 cm³/mol. The largest absolute Gasteiger partial charge is 0.304 e. The first-order valence-corrected chi connectivity index (χ1v) is 7.84. The number of hydrazine groups is 1. The van der Waals surface area contributed by atoms with Gasteiger partial charge in [-0.2, -0.15) is 0 Å². The number of hydrogen-bond acceptors (Lipinski definition) is 3. The molecule has 1 aromatic heterocycles. The lowest BCUT2D eigenvalue weighted by Crippen LogP contribution is -2.51. The van der Waals surface area contributed by atoms with Gasteiger partial charge in [0.1, 0.15) is 0 Å². The lowest BCUT2D eigenvalue weighted by molar-refractivity contribution is 0.163. The van der Waals surface area contributed by atoms with Crippen LogP contribution >= 0.6 is 0 Å². The SMILES string of the molecule is CCN(c1c(/C(C)=C/C=C(C)C)ccnc1C)N1CCC1. The lowest BCUT2D eigenvalue weighted by Gasteiger charge is -2.43. The number of nitrogens with zero attached hydrogens (tertiary/aromatic N) is 3. The van der Waals surface area contributed by atoms with Crippen LogP contribution in [0.25, 0.3) is 5.57 Å². The Morgan fingerprint density at radius 2 is 2.00 bits per heavy atom. The first-order chi connectivity index (χ1) is 10.0. The molecule has 2 rings (SSSR count). The number of rotatable bonds is 5. The molecule has 0 bridgehead atoms. The highest BCUT2D eigenvalue weighted by atomic mass is 15.6. The summed E-state index contributed by atoms with van der Waals surface area (Å²) in [6.07, 6.45) is 7.59. The van der Waals surface area contributed by atoms with Crippen LogP contribution in [-0.2, 0) is 0 Å². The van der Waals surface area contributed by atoms with Crippen LogP contribution in [0.2, 0.25) is 0 Å². The molecule has 114 valence electrons. The van der Waals surface area contributed by atoms with Crippen molar-refractivity contribution in [1.82, 2.24) is 9.99 Å². The van der Waals surface area contributed by atoms with Crippen LogP contribution in [0.15, 0.2) is 30.0 Å². The molecule has 0 aromatic carbocycles. The van der Waals surface area contributed by atoms with Gasteiger partial charge in [0.05, 0.1) is 11.4 Å². The van der Waals surface area contributed by atoms with E-state index in [0.29, 0.717) is 0 Å². The van der Waals surface area contributed by atoms with Crippen LogP contribution in [0.3, 0.4) is 0 Å². The maximum absolute atomic E-state index is 4.52. The van der Waals surface area contributed by atoms with E-state index in [2.05, 4.69) is 67.8 Å². The van der Waals surface area contributed by atoms with E-state index in [1.165, 1.54) is 28.8 Å². The maximum atomic E-state index is 4.52. The monoisotopic (exact) mass is 285 g/mol. The summed E-state index contributed by atoms with van der Waals surface area (Å²) in [5, 5.41) is 4.81. The van der Waals surface area contributed by atoms with E-state index in [0.717, 1.165) is 25.3 Å². The van der Waals surface area contributed by atoms with Crippen LogP contribution in [-0.4, -0.2) is 29.6 Å². The van der Waals surface area contributed by atoms with Gasteiger partial charge in [0.2, 0.25) is 0 Å². The second-order valence-electron chi connectivity index (χ2n) is 5.91. The van der Waals surface area contributed by atoms with Gasteiger partial charge in [0.25, 0.3) is 0 Å². The minimum absolute atomic E-state index is 0.982. The lowest BCUT2D eigenvalue weighted by atomic mass is 10.0. The van der Waals surface area contributed by atoms with Gasteiger partial charge in [0.15, 0.2) is 0 Å². The number of aromatic nitrogens is 1. The number of aryl methyl sites for hydroxylation is 1. The summed E-state index contributed by atoms with van der Waals surface area (Å²) in [5.41, 5.74) is 6.25. The minimum atomic E-state index is 0.982. The Bertz CT molecular complexity index is 550. The van der Waals surface area contributed by atoms with E-state index in [1.807, 2.05) is 6.20 Å². The van der Waals surface area contributed by atoms with Gasteiger partial charge in [0, 0.05) is 31.4 Å². The summed E-state index contributed by atoms with van der Waals surface area (Å²) in [5.74, 6) is 0. The van der Waals surface area contributed by atoms with Gasteiger partial charge in [-0.3, -0.25) is 4.98 Å². The van der Waals surface area contributed by atoms with E-state index in [4.69, 9.17) is 0 Å². The fourth-order valence-corrected chi connectivity index (χ4v) is 2.62. The van der Waals surface area contributed by atoms with Gasteiger partial charge in [-0.25, -0.2) is 5.01 Å². The molecule has 1 fully saturated rings. The molecule has 3 nitrogen and oxygen atoms in total. The van der Waals surface area contributed by atoms with Gasteiger partial charge < -0.3 is 5.01 Å². The van der Waals surface area contributed by atoms with E-state index < -0.39 is 0 Å². The Morgan fingerprint density at radius 3 is 2.52 bits per heavy atom. The summed E-state index contributed by atoms with van der Waals surface area (Å²) >= 11 is 0. The number of hydrogen-bond donors (Lipinski definition) is 0.